The molecule has 0 spiro atoms. The van der Waals surface area contributed by atoms with Crippen LogP contribution in [0.1, 0.15) is 99.4 Å². The summed E-state index contributed by atoms with van der Waals surface area (Å²) in [5, 5.41) is 12.9. The SMILES string of the molecule is CC(C)CC(=O)SCCOP(=O)(OCOC(=O)OC(C)C)C(F)(F)c1ccc2sc(C(=O)NCC3CCCC[C@H]4CC[C@@H](C(=O)N5C[C@@H](C#N)[C@H](c6ccccc6)C5)N4C3=O)cc2c1. The molecule has 0 aliphatic carbocycles. The van der Waals surface area contributed by atoms with E-state index in [-0.39, 0.29) is 69.7 Å². The Morgan fingerprint density at radius 2 is 1.75 bits per heavy atom. The van der Waals surface area contributed by atoms with Crippen molar-refractivity contribution in [2.75, 3.05) is 38.8 Å². The second kappa shape index (κ2) is 21.7. The number of benzene rings is 2. The molecule has 1 N–H and O–H groups in total. The van der Waals surface area contributed by atoms with Gasteiger partial charge in [-0.15, -0.1) is 11.3 Å². The molecule has 3 saturated heterocycles. The van der Waals surface area contributed by atoms with Crippen molar-refractivity contribution in [3.05, 3.63) is 70.6 Å². The van der Waals surface area contributed by atoms with Gasteiger partial charge in [-0.3, -0.25) is 28.3 Å². The van der Waals surface area contributed by atoms with E-state index < -0.39 is 62.3 Å². The van der Waals surface area contributed by atoms with E-state index >= 15 is 8.78 Å². The van der Waals surface area contributed by atoms with Crippen LogP contribution in [0.15, 0.2) is 54.6 Å². The fourth-order valence-corrected chi connectivity index (χ4v) is 11.8. The van der Waals surface area contributed by atoms with Crippen molar-refractivity contribution in [2.24, 2.45) is 17.8 Å². The lowest BCUT2D eigenvalue weighted by Gasteiger charge is -2.36. The Bertz CT molecular complexity index is 2260. The third-order valence-electron chi connectivity index (χ3n) is 11.6. The van der Waals surface area contributed by atoms with E-state index in [2.05, 4.69) is 11.4 Å². The number of carbonyl (C=O) groups is 5. The highest BCUT2D eigenvalue weighted by Crippen LogP contribution is 2.67. The monoisotopic (exact) mass is 944 g/mol. The van der Waals surface area contributed by atoms with Crippen LogP contribution >= 0.6 is 30.7 Å². The van der Waals surface area contributed by atoms with Gasteiger partial charge >= 0.3 is 19.4 Å². The molecule has 2 unspecified atom stereocenters. The Labute approximate surface area is 380 Å². The molecule has 3 aliphatic rings. The van der Waals surface area contributed by atoms with E-state index in [9.17, 15) is 33.8 Å². The third kappa shape index (κ3) is 11.7. The summed E-state index contributed by atoms with van der Waals surface area (Å²) in [6, 6.07) is 16.2. The van der Waals surface area contributed by atoms with E-state index in [0.717, 1.165) is 60.1 Å². The second-order valence-electron chi connectivity index (χ2n) is 17.0. The van der Waals surface area contributed by atoms with Gasteiger partial charge in [0, 0.05) is 54.0 Å². The van der Waals surface area contributed by atoms with Crippen LogP contribution in [0.2, 0.25) is 0 Å². The Morgan fingerprint density at radius 1 is 1.00 bits per heavy atom. The quantitative estimate of drug-likeness (QED) is 0.0588. The lowest BCUT2D eigenvalue weighted by Crippen LogP contribution is -2.53. The molecule has 14 nitrogen and oxygen atoms in total. The Kier molecular flexibility index (Phi) is 16.6. The summed E-state index contributed by atoms with van der Waals surface area (Å²) in [4.78, 5) is 69.8. The van der Waals surface area contributed by atoms with E-state index in [4.69, 9.17) is 18.5 Å². The maximum absolute atomic E-state index is 16.3. The minimum Gasteiger partial charge on any atom is -0.432 e. The van der Waals surface area contributed by atoms with Crippen molar-refractivity contribution in [1.29, 1.82) is 5.26 Å². The second-order valence-corrected chi connectivity index (χ2v) is 21.4. The molecule has 2 aromatic carbocycles. The van der Waals surface area contributed by atoms with E-state index in [1.54, 1.807) is 23.6 Å². The Balaban J connectivity index is 1.12. The fraction of sp³-hybridized carbons (Fsp3) is 0.556. The van der Waals surface area contributed by atoms with E-state index in [0.29, 0.717) is 37.1 Å². The summed E-state index contributed by atoms with van der Waals surface area (Å²) >= 11 is 1.89. The lowest BCUT2D eigenvalue weighted by atomic mass is 9.90. The van der Waals surface area contributed by atoms with Crippen molar-refractivity contribution < 1.29 is 55.8 Å². The van der Waals surface area contributed by atoms with Crippen LogP contribution in [0.4, 0.5) is 13.6 Å². The van der Waals surface area contributed by atoms with Crippen molar-refractivity contribution in [1.82, 2.24) is 15.1 Å². The average Bonchev–Trinajstić information content (AvgIpc) is 4.00. The van der Waals surface area contributed by atoms with Gasteiger partial charge in [0.05, 0.1) is 35.5 Å². The average molecular weight is 945 g/mol. The predicted molar refractivity (Wildman–Crippen MR) is 238 cm³/mol. The van der Waals surface area contributed by atoms with Gasteiger partial charge in [-0.2, -0.15) is 14.0 Å². The first-order valence-electron chi connectivity index (χ1n) is 21.6. The van der Waals surface area contributed by atoms with Gasteiger partial charge in [-0.1, -0.05) is 74.8 Å². The molecule has 3 aliphatic heterocycles. The molecule has 3 amide bonds. The number of fused-ring (bicyclic) bond motifs is 2. The molecule has 4 heterocycles. The molecule has 6 rings (SSSR count). The molecule has 346 valence electrons. The molecule has 6 atom stereocenters. The first-order chi connectivity index (χ1) is 30.5. The normalized spacial score (nSPS) is 22.4. The summed E-state index contributed by atoms with van der Waals surface area (Å²) < 4.78 is 66.6. The van der Waals surface area contributed by atoms with Gasteiger partial charge in [0.25, 0.3) is 5.91 Å². The lowest BCUT2D eigenvalue weighted by molar-refractivity contribution is -0.148. The number of carbonyl (C=O) groups excluding carboxylic acids is 5. The zero-order valence-electron chi connectivity index (χ0n) is 36.4. The number of likely N-dealkylation sites (tertiary alicyclic amines) is 1. The minimum atomic E-state index is -5.44. The maximum atomic E-state index is 16.3. The van der Waals surface area contributed by atoms with Crippen molar-refractivity contribution in [3.8, 4) is 6.07 Å². The van der Waals surface area contributed by atoms with Crippen LogP contribution in [0.25, 0.3) is 10.1 Å². The number of hydrogen-bond acceptors (Lipinski definition) is 13. The molecule has 19 heteroatoms. The molecule has 3 fully saturated rings. The number of nitrogens with zero attached hydrogens (tertiary/aromatic N) is 3. The van der Waals surface area contributed by atoms with Gasteiger partial charge < -0.3 is 29.1 Å². The molecule has 64 heavy (non-hydrogen) atoms. The first-order valence-corrected chi connectivity index (χ1v) is 25.0. The topological polar surface area (TPSA) is 182 Å². The molecular formula is C45H55F2N4O10PS2. The van der Waals surface area contributed by atoms with Crippen LogP contribution < -0.4 is 5.32 Å². The standard InChI is InChI=1S/C45H55F2N4O10PS2/c1-28(2)20-40(52)63-19-18-59-62(57,60-27-58-44(56)61-29(3)4)45(46,47)34-14-17-38-32(21-34)22-39(64-38)41(53)49-24-31-12-8-9-13-35-15-16-37(51(35)42(31)54)43(55)50-25-33(23-48)36(26-50)30-10-6-5-7-11-30/h5-7,10-11,14,17,21-22,28-29,31,33,35-37H,8-9,12-13,15-16,18-20,24-27H2,1-4H3,(H,49,53)/t31?,33-,35+,36+,37+,62?/m1/s1. The molecule has 0 saturated carbocycles. The maximum Gasteiger partial charge on any atom is 0.510 e. The fourth-order valence-electron chi connectivity index (χ4n) is 8.48. The summed E-state index contributed by atoms with van der Waals surface area (Å²) in [7, 11) is -5.44. The van der Waals surface area contributed by atoms with Gasteiger partial charge in [0.1, 0.15) is 6.04 Å². The van der Waals surface area contributed by atoms with Crippen LogP contribution in [0.3, 0.4) is 0 Å². The summed E-state index contributed by atoms with van der Waals surface area (Å²) in [6.07, 6.45) is 2.56. The van der Waals surface area contributed by atoms with Gasteiger partial charge in [0.15, 0.2) is 5.12 Å². The minimum absolute atomic E-state index is 0.00165. The smallest absolute Gasteiger partial charge is 0.432 e. The molecule has 0 bridgehead atoms. The van der Waals surface area contributed by atoms with Crippen molar-refractivity contribution in [2.45, 2.75) is 102 Å². The van der Waals surface area contributed by atoms with Gasteiger partial charge in [-0.25, -0.2) is 4.79 Å². The number of nitrogens with one attached hydrogen (secondary N) is 1. The number of thiophene rings is 1. The van der Waals surface area contributed by atoms with Crippen LogP contribution in [0, 0.1) is 29.1 Å². The molecule has 0 radical (unpaired) electrons. The summed E-state index contributed by atoms with van der Waals surface area (Å²) in [5.74, 6) is -1.97. The third-order valence-corrected chi connectivity index (χ3v) is 15.5. The first kappa shape index (κ1) is 49.0. The molecular weight excluding hydrogens is 890 g/mol. The highest BCUT2D eigenvalue weighted by atomic mass is 32.2. The van der Waals surface area contributed by atoms with Gasteiger partial charge in [-0.05, 0) is 74.6 Å². The molecule has 3 aromatic rings. The molecule has 1 aromatic heterocycles. The van der Waals surface area contributed by atoms with Gasteiger partial charge in [0.2, 0.25) is 18.6 Å². The largest absolute Gasteiger partial charge is 0.510 e. The van der Waals surface area contributed by atoms with E-state index in [1.807, 2.05) is 44.2 Å². The number of halogens is 2. The number of nitriles is 1. The van der Waals surface area contributed by atoms with Crippen LogP contribution in [0.5, 0.6) is 0 Å². The number of thioether (sulfide) groups is 1. The summed E-state index contributed by atoms with van der Waals surface area (Å²) in [5.41, 5.74) is -4.03. The number of amides is 3. The number of ether oxygens (including phenoxy) is 2. The Morgan fingerprint density at radius 3 is 2.47 bits per heavy atom. The van der Waals surface area contributed by atoms with E-state index in [1.165, 1.54) is 12.1 Å². The zero-order valence-corrected chi connectivity index (χ0v) is 38.9. The van der Waals surface area contributed by atoms with Crippen molar-refractivity contribution in [3.63, 3.8) is 0 Å². The number of hydrogen-bond donors (Lipinski definition) is 1. The number of alkyl halides is 2. The highest BCUT2D eigenvalue weighted by molar-refractivity contribution is 8.13. The van der Waals surface area contributed by atoms with Crippen molar-refractivity contribution >= 4 is 69.8 Å². The van der Waals surface area contributed by atoms with Crippen LogP contribution in [-0.4, -0.2) is 95.8 Å². The number of rotatable bonds is 17. The predicted octanol–water partition coefficient (Wildman–Crippen LogP) is 9.05. The highest BCUT2D eigenvalue weighted by Gasteiger charge is 2.56. The summed E-state index contributed by atoms with van der Waals surface area (Å²) in [6.45, 7) is 5.78. The zero-order chi connectivity index (χ0) is 46.2. The van der Waals surface area contributed by atoms with Crippen LogP contribution in [-0.2, 0) is 43.1 Å². The Hall–Kier alpha value is -4.40.